The molecule has 9 heteroatoms. The molecule has 0 bridgehead atoms. The average molecular weight is 452 g/mol. The normalized spacial score (nSPS) is 10.8. The molecule has 3 amide bonds. The average Bonchev–Trinajstić information content (AvgIpc) is 2.62. The molecule has 30 heavy (non-hydrogen) atoms. The number of hydrogen-bond donors (Lipinski definition) is 3. The third-order valence-electron chi connectivity index (χ3n) is 3.60. The minimum absolute atomic E-state index is 0.0634. The zero-order chi connectivity index (χ0) is 22.3. The van der Waals surface area contributed by atoms with E-state index in [1.807, 2.05) is 0 Å². The molecule has 7 nitrogen and oxygen atoms in total. The monoisotopic (exact) mass is 451 g/mol. The van der Waals surface area contributed by atoms with Gasteiger partial charge in [-0.2, -0.15) is 0 Å². The van der Waals surface area contributed by atoms with Gasteiger partial charge >= 0.3 is 6.09 Å². The highest BCUT2D eigenvalue weighted by molar-refractivity contribution is 6.36. The van der Waals surface area contributed by atoms with Crippen molar-refractivity contribution in [2.75, 3.05) is 17.2 Å². The van der Waals surface area contributed by atoms with E-state index in [4.69, 9.17) is 27.9 Å². The minimum atomic E-state index is -0.605. The minimum Gasteiger partial charge on any atom is -0.444 e. The molecule has 3 N–H and O–H groups in total. The van der Waals surface area contributed by atoms with Crippen molar-refractivity contribution in [2.24, 2.45) is 0 Å². The summed E-state index contributed by atoms with van der Waals surface area (Å²) in [6.45, 7) is 5.40. The third kappa shape index (κ3) is 7.93. The first-order valence-corrected chi connectivity index (χ1v) is 9.92. The molecule has 160 valence electrons. The summed E-state index contributed by atoms with van der Waals surface area (Å²) >= 11 is 12.0. The van der Waals surface area contributed by atoms with Gasteiger partial charge in [0.1, 0.15) is 5.60 Å². The zero-order valence-corrected chi connectivity index (χ0v) is 18.4. The van der Waals surface area contributed by atoms with Crippen LogP contribution in [0.3, 0.4) is 0 Å². The Kier molecular flexibility index (Phi) is 8.08. The maximum Gasteiger partial charge on any atom is 0.407 e. The number of hydrogen-bond acceptors (Lipinski definition) is 4. The predicted octanol–water partition coefficient (Wildman–Crippen LogP) is 5.10. The number of rotatable bonds is 6. The standard InChI is InChI=1S/C21H23Cl2N3O4/c1-21(2,3)30-20(29)24-10-9-18(27)25-14-5-4-6-15(12-14)26-19(28)16-11-13(22)7-8-17(16)23/h4-8,11-12H,9-10H2,1-3H3,(H,24,29)(H,25,27)(H,26,28). The van der Waals surface area contributed by atoms with Gasteiger partial charge in [0, 0.05) is 29.4 Å². The molecule has 0 aromatic heterocycles. The van der Waals surface area contributed by atoms with Crippen LogP contribution in [0.25, 0.3) is 0 Å². The van der Waals surface area contributed by atoms with Crippen molar-refractivity contribution < 1.29 is 19.1 Å². The summed E-state index contributed by atoms with van der Waals surface area (Å²) in [6.07, 6.45) is -0.520. The van der Waals surface area contributed by atoms with Gasteiger partial charge in [0.15, 0.2) is 0 Å². The molecule has 2 aromatic rings. The van der Waals surface area contributed by atoms with Crippen LogP contribution in [-0.4, -0.2) is 30.1 Å². The van der Waals surface area contributed by atoms with E-state index >= 15 is 0 Å². The van der Waals surface area contributed by atoms with Crippen LogP contribution in [0.15, 0.2) is 42.5 Å². The fourth-order valence-electron chi connectivity index (χ4n) is 2.36. The van der Waals surface area contributed by atoms with Gasteiger partial charge in [-0.05, 0) is 57.2 Å². The molecular weight excluding hydrogens is 429 g/mol. The summed E-state index contributed by atoms with van der Waals surface area (Å²) in [6, 6.07) is 11.3. The smallest absolute Gasteiger partial charge is 0.407 e. The molecule has 0 radical (unpaired) electrons. The second kappa shape index (κ2) is 10.3. The van der Waals surface area contributed by atoms with Crippen molar-refractivity contribution in [2.45, 2.75) is 32.8 Å². The summed E-state index contributed by atoms with van der Waals surface area (Å²) < 4.78 is 5.10. The topological polar surface area (TPSA) is 96.5 Å². The molecule has 0 fully saturated rings. The summed E-state index contributed by atoms with van der Waals surface area (Å²) in [5.41, 5.74) is 0.604. The Bertz CT molecular complexity index is 942. The maximum atomic E-state index is 12.4. The predicted molar refractivity (Wildman–Crippen MR) is 118 cm³/mol. The van der Waals surface area contributed by atoms with Crippen LogP contribution in [-0.2, 0) is 9.53 Å². The lowest BCUT2D eigenvalue weighted by Crippen LogP contribution is -2.34. The Morgan fingerprint density at radius 1 is 0.967 bits per heavy atom. The van der Waals surface area contributed by atoms with Gasteiger partial charge in [0.2, 0.25) is 5.91 Å². The fraction of sp³-hybridized carbons (Fsp3) is 0.286. The van der Waals surface area contributed by atoms with E-state index in [9.17, 15) is 14.4 Å². The number of anilines is 2. The Balaban J connectivity index is 1.89. The lowest BCUT2D eigenvalue weighted by Gasteiger charge is -2.19. The molecule has 0 saturated carbocycles. The van der Waals surface area contributed by atoms with Crippen molar-refractivity contribution >= 4 is 52.5 Å². The van der Waals surface area contributed by atoms with E-state index in [-0.39, 0.29) is 29.5 Å². The van der Waals surface area contributed by atoms with Crippen LogP contribution < -0.4 is 16.0 Å². The molecule has 0 atom stereocenters. The molecule has 2 rings (SSSR count). The zero-order valence-electron chi connectivity index (χ0n) is 16.8. The number of carbonyl (C=O) groups is 3. The highest BCUT2D eigenvalue weighted by Crippen LogP contribution is 2.23. The van der Waals surface area contributed by atoms with Crippen molar-refractivity contribution in [1.29, 1.82) is 0 Å². The molecule has 0 aliphatic carbocycles. The Hall–Kier alpha value is -2.77. The van der Waals surface area contributed by atoms with Gasteiger partial charge in [-0.15, -0.1) is 0 Å². The Morgan fingerprint density at radius 2 is 1.63 bits per heavy atom. The number of halogens is 2. The number of benzene rings is 2. The number of alkyl carbamates (subject to hydrolysis) is 1. The van der Waals surface area contributed by atoms with Crippen LogP contribution in [0.1, 0.15) is 37.6 Å². The third-order valence-corrected chi connectivity index (χ3v) is 4.16. The van der Waals surface area contributed by atoms with E-state index in [2.05, 4.69) is 16.0 Å². The molecule has 0 aliphatic rings. The van der Waals surface area contributed by atoms with Gasteiger partial charge < -0.3 is 20.7 Å². The number of nitrogens with one attached hydrogen (secondary N) is 3. The summed E-state index contributed by atoms with van der Waals surface area (Å²) in [7, 11) is 0. The molecule has 0 heterocycles. The quantitative estimate of drug-likeness (QED) is 0.568. The highest BCUT2D eigenvalue weighted by atomic mass is 35.5. The first kappa shape index (κ1) is 23.5. The SMILES string of the molecule is CC(C)(C)OC(=O)NCCC(=O)Nc1cccc(NC(=O)c2cc(Cl)ccc2Cl)c1. The lowest BCUT2D eigenvalue weighted by molar-refractivity contribution is -0.116. The summed E-state index contributed by atoms with van der Waals surface area (Å²) in [5, 5.41) is 8.61. The maximum absolute atomic E-state index is 12.4. The molecular formula is C21H23Cl2N3O4. The number of carbonyl (C=O) groups excluding carboxylic acids is 3. The van der Waals surface area contributed by atoms with E-state index in [1.54, 1.807) is 57.2 Å². The Labute approximate surface area is 185 Å². The van der Waals surface area contributed by atoms with Crippen LogP contribution in [0, 0.1) is 0 Å². The van der Waals surface area contributed by atoms with Crippen molar-refractivity contribution in [3.05, 3.63) is 58.1 Å². The van der Waals surface area contributed by atoms with Gasteiger partial charge in [-0.25, -0.2) is 4.79 Å². The summed E-state index contributed by atoms with van der Waals surface area (Å²) in [5.74, 6) is -0.722. The van der Waals surface area contributed by atoms with E-state index < -0.39 is 17.6 Å². The molecule has 0 spiro atoms. The van der Waals surface area contributed by atoms with E-state index in [0.717, 1.165) is 0 Å². The lowest BCUT2D eigenvalue weighted by atomic mass is 10.2. The highest BCUT2D eigenvalue weighted by Gasteiger charge is 2.16. The van der Waals surface area contributed by atoms with E-state index in [0.29, 0.717) is 16.4 Å². The van der Waals surface area contributed by atoms with Crippen molar-refractivity contribution in [3.63, 3.8) is 0 Å². The van der Waals surface area contributed by atoms with E-state index in [1.165, 1.54) is 6.07 Å². The Morgan fingerprint density at radius 3 is 2.30 bits per heavy atom. The molecule has 0 saturated heterocycles. The van der Waals surface area contributed by atoms with Gasteiger partial charge in [-0.1, -0.05) is 29.3 Å². The van der Waals surface area contributed by atoms with Crippen LogP contribution in [0.2, 0.25) is 10.0 Å². The number of ether oxygens (including phenoxy) is 1. The molecule has 0 aliphatic heterocycles. The van der Waals surface area contributed by atoms with Gasteiger partial charge in [0.05, 0.1) is 10.6 Å². The fourth-order valence-corrected chi connectivity index (χ4v) is 2.74. The molecule has 0 unspecified atom stereocenters. The van der Waals surface area contributed by atoms with Crippen molar-refractivity contribution in [3.8, 4) is 0 Å². The van der Waals surface area contributed by atoms with Gasteiger partial charge in [0.25, 0.3) is 5.91 Å². The first-order chi connectivity index (χ1) is 14.0. The van der Waals surface area contributed by atoms with Crippen LogP contribution >= 0.6 is 23.2 Å². The second-order valence-corrected chi connectivity index (χ2v) is 8.23. The van der Waals surface area contributed by atoms with Crippen LogP contribution in [0.5, 0.6) is 0 Å². The summed E-state index contributed by atoms with van der Waals surface area (Å²) in [4.78, 5) is 36.1. The first-order valence-electron chi connectivity index (χ1n) is 9.17. The molecule has 2 aromatic carbocycles. The number of amides is 3. The second-order valence-electron chi connectivity index (χ2n) is 7.39. The van der Waals surface area contributed by atoms with Gasteiger partial charge in [-0.3, -0.25) is 9.59 Å². The largest absolute Gasteiger partial charge is 0.444 e. The van der Waals surface area contributed by atoms with Crippen LogP contribution in [0.4, 0.5) is 16.2 Å². The van der Waals surface area contributed by atoms with Crippen molar-refractivity contribution in [1.82, 2.24) is 5.32 Å².